The van der Waals surface area contributed by atoms with Crippen LogP contribution in [0.2, 0.25) is 0 Å². The number of aromatic nitrogens is 1. The van der Waals surface area contributed by atoms with Gasteiger partial charge in [0.25, 0.3) is 6.71 Å². The fourth-order valence-electron chi connectivity index (χ4n) is 17.7. The summed E-state index contributed by atoms with van der Waals surface area (Å²) in [5.74, 6) is 0.0138. The van der Waals surface area contributed by atoms with Gasteiger partial charge in [-0.25, -0.2) is 0 Å². The van der Waals surface area contributed by atoms with Crippen LogP contribution in [-0.2, 0) is 55.2 Å². The number of fused-ring (bicyclic) bond motifs is 9. The summed E-state index contributed by atoms with van der Waals surface area (Å²) in [4.78, 5) is 5.63. The molecule has 0 saturated heterocycles. The van der Waals surface area contributed by atoms with Gasteiger partial charge in [-0.1, -0.05) is 326 Å². The number of anilines is 6. The van der Waals surface area contributed by atoms with Gasteiger partial charge in [-0.05, 0) is 227 Å². The van der Waals surface area contributed by atoms with Crippen LogP contribution in [0.25, 0.3) is 49.7 Å². The molecule has 0 atom stereocenters. The highest BCUT2D eigenvalue weighted by Gasteiger charge is 2.48. The van der Waals surface area contributed by atoms with Crippen LogP contribution in [-0.4, -0.2) is 11.3 Å². The highest BCUT2D eigenvalue weighted by atomic mass is 15.2. The monoisotopic (exact) mass is 1420 g/mol. The molecule has 0 spiro atoms. The van der Waals surface area contributed by atoms with Crippen LogP contribution in [0.5, 0.6) is 0 Å². The summed E-state index contributed by atoms with van der Waals surface area (Å²) >= 11 is 0. The van der Waals surface area contributed by atoms with Crippen molar-refractivity contribution < 1.29 is 0 Å². The average molecular weight is 1420 g/mol. The highest BCUT2D eigenvalue weighted by molar-refractivity contribution is 7.00. The molecule has 0 fully saturated rings. The Labute approximate surface area is 649 Å². The zero-order chi connectivity index (χ0) is 77.6. The van der Waals surface area contributed by atoms with Gasteiger partial charge < -0.3 is 14.4 Å². The first kappa shape index (κ1) is 74.4. The summed E-state index contributed by atoms with van der Waals surface area (Å²) in [5, 5.41) is 2.57. The number of nitrogens with zero attached hydrogens (tertiary/aromatic N) is 3. The van der Waals surface area contributed by atoms with Crippen LogP contribution in [0.3, 0.4) is 0 Å². The molecule has 12 aromatic rings. The first-order valence-electron chi connectivity index (χ1n) is 40.2. The molecule has 11 aromatic carbocycles. The molecule has 0 N–H and O–H groups in total. The van der Waals surface area contributed by atoms with Gasteiger partial charge in [-0.3, -0.25) is 0 Å². The Kier molecular flexibility index (Phi) is 17.4. The lowest BCUT2D eigenvalue weighted by molar-refractivity contribution is 0.569. The van der Waals surface area contributed by atoms with Crippen molar-refractivity contribution in [3.63, 3.8) is 0 Å². The minimum absolute atomic E-state index is 0.0138. The summed E-state index contributed by atoms with van der Waals surface area (Å²) in [6.07, 6.45) is 0.916. The minimum Gasteiger partial charge on any atom is -0.311 e. The Hall–Kier alpha value is -9.12. The summed E-state index contributed by atoms with van der Waals surface area (Å²) in [7, 11) is 0. The molecule has 3 heterocycles. The van der Waals surface area contributed by atoms with Crippen molar-refractivity contribution in [3.05, 3.63) is 284 Å². The third kappa shape index (κ3) is 12.9. The van der Waals surface area contributed by atoms with Gasteiger partial charge in [0.15, 0.2) is 0 Å². The topological polar surface area (TPSA) is 11.4 Å². The maximum Gasteiger partial charge on any atom is 0.252 e. The molecule has 108 heavy (non-hydrogen) atoms. The number of benzene rings is 11. The van der Waals surface area contributed by atoms with Crippen LogP contribution in [0, 0.1) is 0 Å². The van der Waals surface area contributed by atoms with Gasteiger partial charge in [-0.15, -0.1) is 0 Å². The molecular weight excluding hydrogens is 1300 g/mol. The average Bonchev–Trinajstić information content (AvgIpc) is 0.716. The van der Waals surface area contributed by atoms with Gasteiger partial charge in [0.2, 0.25) is 0 Å². The van der Waals surface area contributed by atoms with E-state index in [4.69, 9.17) is 0 Å². The second-order valence-electron chi connectivity index (χ2n) is 41.6. The number of hydrogen-bond donors (Lipinski definition) is 0. The van der Waals surface area contributed by atoms with E-state index in [0.717, 1.165) is 12.1 Å². The fourth-order valence-corrected chi connectivity index (χ4v) is 17.7. The van der Waals surface area contributed by atoms with Crippen LogP contribution >= 0.6 is 0 Å². The molecule has 2 aliphatic heterocycles. The van der Waals surface area contributed by atoms with Gasteiger partial charge in [0.1, 0.15) is 0 Å². The molecule has 0 amide bonds. The van der Waals surface area contributed by atoms with Crippen molar-refractivity contribution in [2.24, 2.45) is 0 Å². The Bertz CT molecular complexity index is 5470. The van der Waals surface area contributed by atoms with Gasteiger partial charge in [-0.2, -0.15) is 0 Å². The third-order valence-corrected chi connectivity index (χ3v) is 24.3. The largest absolute Gasteiger partial charge is 0.311 e. The number of rotatable bonds is 6. The standard InChI is InChI=1S/C104H118BN3/c1-96(2,3)68-41-36-63(37-42-68)78-56-72(100(13,14)15)58-82(103(22,23)24)94(78)107-88-49-40-67(92-76-34-30-28-32-65(76)52-66-33-29-31-35-77(66)92)53-85(88)105-84-48-47-75(106-86-50-45-70(98(7,8)9)54-80(86)81-55-71(99(10,11)12)46-51-87(81)106)62-89(84)108(91-61-74(102(19,20)21)60-90(107)93(91)105)95-79(64-38-43-69(44-39-64)97(4,5)6)57-73(101(16,17)18)59-83(95)104(25,26)27/h28-51,53-62,92H,52H2,1-27H3. The Morgan fingerprint density at radius 1 is 0.296 bits per heavy atom. The van der Waals surface area contributed by atoms with E-state index >= 15 is 0 Å². The van der Waals surface area contributed by atoms with Gasteiger partial charge in [0.05, 0.1) is 22.4 Å². The van der Waals surface area contributed by atoms with Crippen molar-refractivity contribution in [3.8, 4) is 27.9 Å². The summed E-state index contributed by atoms with van der Waals surface area (Å²) < 4.78 is 2.60. The molecule has 0 unspecified atom stereocenters. The van der Waals surface area contributed by atoms with Crippen molar-refractivity contribution >= 4 is 79.0 Å². The van der Waals surface area contributed by atoms with Crippen LogP contribution in [0.15, 0.2) is 206 Å². The van der Waals surface area contributed by atoms with E-state index in [2.05, 4.69) is 408 Å². The molecule has 552 valence electrons. The predicted molar refractivity (Wildman–Crippen MR) is 471 cm³/mol. The molecule has 15 rings (SSSR count). The molecule has 0 bridgehead atoms. The van der Waals surface area contributed by atoms with Crippen molar-refractivity contribution in [2.45, 2.75) is 248 Å². The summed E-state index contributed by atoms with van der Waals surface area (Å²) in [6.45, 7) is 64.3. The van der Waals surface area contributed by atoms with Crippen LogP contribution in [0.1, 0.15) is 271 Å². The zero-order valence-electron chi connectivity index (χ0n) is 70.3. The minimum atomic E-state index is -0.330. The second-order valence-corrected chi connectivity index (χ2v) is 41.6. The number of hydrogen-bond acceptors (Lipinski definition) is 2. The molecular formula is C104H118BN3. The maximum absolute atomic E-state index is 2.83. The van der Waals surface area contributed by atoms with Crippen LogP contribution < -0.4 is 26.2 Å². The molecule has 1 aromatic heterocycles. The molecule has 0 radical (unpaired) electrons. The molecule has 4 heteroatoms. The quantitative estimate of drug-likeness (QED) is 0.154. The third-order valence-electron chi connectivity index (χ3n) is 24.3. The Morgan fingerprint density at radius 3 is 1.09 bits per heavy atom. The Balaban J connectivity index is 1.15. The lowest BCUT2D eigenvalue weighted by Gasteiger charge is -2.48. The smallest absolute Gasteiger partial charge is 0.252 e. The lowest BCUT2D eigenvalue weighted by Crippen LogP contribution is -2.61. The van der Waals surface area contributed by atoms with E-state index in [1.807, 2.05) is 0 Å². The predicted octanol–water partition coefficient (Wildman–Crippen LogP) is 27.0. The molecule has 0 saturated carbocycles. The zero-order valence-corrected chi connectivity index (χ0v) is 70.3. The van der Waals surface area contributed by atoms with E-state index in [1.54, 1.807) is 0 Å². The van der Waals surface area contributed by atoms with E-state index in [0.29, 0.717) is 0 Å². The Morgan fingerprint density at radius 2 is 0.685 bits per heavy atom. The SMILES string of the molecule is CC(C)(C)c1ccc(-c2cc(C(C)(C)C)cc(C(C)(C)C)c2N2c3ccc(C4c5ccccc5Cc5ccccc54)cc3B3c4ccc(-n5c6ccc(C(C)(C)C)cc6c6cc(C(C)(C)C)ccc65)cc4N(c4c(-c5ccc(C(C)(C)C)cc5)cc(C(C)(C)C)cc4C(C)(C)C)c4cc(C(C)(C)C)cc2c43)cc1. The molecule has 3 aliphatic rings. The summed E-state index contributed by atoms with van der Waals surface area (Å²) in [5.41, 5.74) is 37.1. The second kappa shape index (κ2) is 25.2. The summed E-state index contributed by atoms with van der Waals surface area (Å²) in [6, 6.07) is 83.6. The maximum atomic E-state index is 2.83. The van der Waals surface area contributed by atoms with Crippen molar-refractivity contribution in [2.75, 3.05) is 9.80 Å². The first-order valence-corrected chi connectivity index (χ1v) is 40.2. The van der Waals surface area contributed by atoms with Crippen LogP contribution in [0.4, 0.5) is 34.1 Å². The highest BCUT2D eigenvalue weighted by Crippen LogP contribution is 2.56. The van der Waals surface area contributed by atoms with E-state index < -0.39 is 0 Å². The fraction of sp³-hybridized carbons (Fsp3) is 0.365. The lowest BCUT2D eigenvalue weighted by atomic mass is 9.33. The van der Waals surface area contributed by atoms with Crippen molar-refractivity contribution in [1.82, 2.24) is 4.57 Å². The van der Waals surface area contributed by atoms with Crippen molar-refractivity contribution in [1.29, 1.82) is 0 Å². The van der Waals surface area contributed by atoms with Gasteiger partial charge >= 0.3 is 0 Å². The van der Waals surface area contributed by atoms with Gasteiger partial charge in [0, 0.05) is 56.3 Å². The van der Waals surface area contributed by atoms with E-state index in [1.165, 1.54) is 172 Å². The van der Waals surface area contributed by atoms with E-state index in [9.17, 15) is 0 Å². The van der Waals surface area contributed by atoms with E-state index in [-0.39, 0.29) is 61.4 Å². The normalized spacial score (nSPS) is 14.5. The molecule has 1 aliphatic carbocycles. The first-order chi connectivity index (χ1) is 50.2. The molecule has 3 nitrogen and oxygen atoms in total.